The molecule has 0 aromatic rings. The Balaban J connectivity index is 2.08. The maximum Gasteiger partial charge on any atom is 0.321 e. The van der Waals surface area contributed by atoms with Crippen molar-refractivity contribution < 1.29 is 9.90 Å². The molecule has 16 heavy (non-hydrogen) atoms. The van der Waals surface area contributed by atoms with Crippen LogP contribution in [0.2, 0.25) is 0 Å². The summed E-state index contributed by atoms with van der Waals surface area (Å²) in [5, 5.41) is 12.4. The van der Waals surface area contributed by atoms with Gasteiger partial charge >= 0.3 is 5.97 Å². The highest BCUT2D eigenvalue weighted by Crippen LogP contribution is 2.51. The second kappa shape index (κ2) is 3.91. The summed E-state index contributed by atoms with van der Waals surface area (Å²) in [6, 6.07) is -0.353. The molecule has 3 nitrogen and oxygen atoms in total. The molecule has 0 radical (unpaired) electrons. The normalized spacial score (nSPS) is 42.4. The van der Waals surface area contributed by atoms with Gasteiger partial charge in [-0.2, -0.15) is 0 Å². The van der Waals surface area contributed by atoms with Crippen molar-refractivity contribution in [2.24, 2.45) is 11.3 Å². The Morgan fingerprint density at radius 1 is 1.44 bits per heavy atom. The van der Waals surface area contributed by atoms with Gasteiger partial charge in [0.2, 0.25) is 0 Å². The predicted octanol–water partition coefficient (Wildman–Crippen LogP) is 2.32. The minimum atomic E-state index is -0.707. The molecule has 1 spiro atoms. The van der Waals surface area contributed by atoms with Gasteiger partial charge in [0.1, 0.15) is 6.04 Å². The first-order valence-electron chi connectivity index (χ1n) is 5.99. The van der Waals surface area contributed by atoms with Gasteiger partial charge in [-0.25, -0.2) is 0 Å². The first-order chi connectivity index (χ1) is 7.35. The molecule has 0 amide bonds. The molecule has 1 aliphatic heterocycles. The lowest BCUT2D eigenvalue weighted by atomic mass is 9.70. The number of aliphatic carboxylic acids is 1. The molecule has 2 aliphatic rings. The molecule has 1 saturated carbocycles. The number of nitrogens with one attached hydrogen (secondary N) is 1. The minimum absolute atomic E-state index is 0.0264. The van der Waals surface area contributed by atoms with Crippen molar-refractivity contribution >= 4 is 17.7 Å². The van der Waals surface area contributed by atoms with Gasteiger partial charge in [0.15, 0.2) is 0 Å². The quantitative estimate of drug-likeness (QED) is 0.742. The van der Waals surface area contributed by atoms with E-state index >= 15 is 0 Å². The van der Waals surface area contributed by atoms with Crippen LogP contribution in [0, 0.1) is 11.3 Å². The highest BCUT2D eigenvalue weighted by molar-refractivity contribution is 8.01. The minimum Gasteiger partial charge on any atom is -0.480 e. The zero-order valence-electron chi connectivity index (χ0n) is 10.2. The van der Waals surface area contributed by atoms with Gasteiger partial charge < -0.3 is 5.11 Å². The molecule has 3 atom stereocenters. The molecule has 4 heteroatoms. The molecule has 2 rings (SSSR count). The molecule has 2 fully saturated rings. The summed E-state index contributed by atoms with van der Waals surface area (Å²) in [6.45, 7) is 6.88. The van der Waals surface area contributed by atoms with Crippen LogP contribution in [0.3, 0.4) is 0 Å². The smallest absolute Gasteiger partial charge is 0.321 e. The van der Waals surface area contributed by atoms with Gasteiger partial charge in [0.05, 0.1) is 4.87 Å². The SMILES string of the molecule is CC1CC(C)(C)CCC12NC(C(=O)O)CS2. The Morgan fingerprint density at radius 3 is 2.62 bits per heavy atom. The van der Waals surface area contributed by atoms with Crippen LogP contribution in [0.1, 0.15) is 40.0 Å². The third-order valence-corrected chi connectivity index (χ3v) is 5.79. The largest absolute Gasteiger partial charge is 0.480 e. The lowest BCUT2D eigenvalue weighted by Gasteiger charge is -2.46. The van der Waals surface area contributed by atoms with Crippen molar-refractivity contribution in [3.05, 3.63) is 0 Å². The van der Waals surface area contributed by atoms with Crippen LogP contribution in [0.15, 0.2) is 0 Å². The fourth-order valence-electron chi connectivity index (χ4n) is 3.04. The second-order valence-corrected chi connectivity index (χ2v) is 7.36. The van der Waals surface area contributed by atoms with Gasteiger partial charge in [0.25, 0.3) is 0 Å². The van der Waals surface area contributed by atoms with Crippen molar-refractivity contribution in [3.8, 4) is 0 Å². The van der Waals surface area contributed by atoms with E-state index in [2.05, 4.69) is 26.1 Å². The number of carboxylic acid groups (broad SMARTS) is 1. The zero-order chi connectivity index (χ0) is 12.0. The third-order valence-electron chi connectivity index (χ3n) is 4.05. The number of thioether (sulfide) groups is 1. The van der Waals surface area contributed by atoms with Crippen molar-refractivity contribution in [1.82, 2.24) is 5.32 Å². The molecule has 2 N–H and O–H groups in total. The Hall–Kier alpha value is -0.220. The average Bonchev–Trinajstić information content (AvgIpc) is 2.58. The van der Waals surface area contributed by atoms with Gasteiger partial charge in [-0.05, 0) is 30.6 Å². The van der Waals surface area contributed by atoms with E-state index in [0.29, 0.717) is 17.1 Å². The molecule has 92 valence electrons. The van der Waals surface area contributed by atoms with Crippen molar-refractivity contribution in [1.29, 1.82) is 0 Å². The van der Waals surface area contributed by atoms with Gasteiger partial charge in [0, 0.05) is 5.75 Å². The summed E-state index contributed by atoms with van der Waals surface area (Å²) in [6.07, 6.45) is 3.46. The van der Waals surface area contributed by atoms with E-state index in [1.54, 1.807) is 0 Å². The van der Waals surface area contributed by atoms with Crippen molar-refractivity contribution in [2.75, 3.05) is 5.75 Å². The Bertz CT molecular complexity index is 305. The van der Waals surface area contributed by atoms with E-state index in [1.807, 2.05) is 11.8 Å². The van der Waals surface area contributed by atoms with E-state index in [1.165, 1.54) is 12.8 Å². The van der Waals surface area contributed by atoms with Crippen LogP contribution in [0.4, 0.5) is 0 Å². The Kier molecular flexibility index (Phi) is 2.99. The lowest BCUT2D eigenvalue weighted by Crippen LogP contribution is -2.52. The van der Waals surface area contributed by atoms with E-state index in [-0.39, 0.29) is 10.9 Å². The summed E-state index contributed by atoms with van der Waals surface area (Å²) >= 11 is 1.82. The Morgan fingerprint density at radius 2 is 2.12 bits per heavy atom. The van der Waals surface area contributed by atoms with Crippen LogP contribution in [0.25, 0.3) is 0 Å². The fraction of sp³-hybridized carbons (Fsp3) is 0.917. The highest BCUT2D eigenvalue weighted by Gasteiger charge is 2.49. The zero-order valence-corrected chi connectivity index (χ0v) is 11.1. The van der Waals surface area contributed by atoms with Crippen LogP contribution >= 0.6 is 11.8 Å². The van der Waals surface area contributed by atoms with Gasteiger partial charge in [-0.15, -0.1) is 11.8 Å². The monoisotopic (exact) mass is 243 g/mol. The first kappa shape index (κ1) is 12.2. The van der Waals surface area contributed by atoms with E-state index < -0.39 is 5.97 Å². The van der Waals surface area contributed by atoms with Crippen LogP contribution in [-0.2, 0) is 4.79 Å². The summed E-state index contributed by atoms with van der Waals surface area (Å²) in [4.78, 5) is 11.0. The second-order valence-electron chi connectivity index (χ2n) is 6.01. The van der Waals surface area contributed by atoms with E-state index in [0.717, 1.165) is 6.42 Å². The van der Waals surface area contributed by atoms with E-state index in [4.69, 9.17) is 5.11 Å². The van der Waals surface area contributed by atoms with Gasteiger partial charge in [-0.3, -0.25) is 10.1 Å². The lowest BCUT2D eigenvalue weighted by molar-refractivity contribution is -0.139. The molecule has 3 unspecified atom stereocenters. The number of carbonyl (C=O) groups is 1. The number of rotatable bonds is 1. The van der Waals surface area contributed by atoms with E-state index in [9.17, 15) is 4.79 Å². The first-order valence-corrected chi connectivity index (χ1v) is 6.98. The maximum atomic E-state index is 11.0. The highest BCUT2D eigenvalue weighted by atomic mass is 32.2. The standard InChI is InChI=1S/C12H21NO2S/c1-8-6-11(2,3)4-5-12(8)13-9(7-16-12)10(14)15/h8-9,13H,4-7H2,1-3H3,(H,14,15). The molecule has 1 aliphatic carbocycles. The van der Waals surface area contributed by atoms with Crippen LogP contribution in [-0.4, -0.2) is 27.7 Å². The summed E-state index contributed by atoms with van der Waals surface area (Å²) in [5.74, 6) is 0.548. The van der Waals surface area contributed by atoms with Crippen LogP contribution < -0.4 is 5.32 Å². The summed E-state index contributed by atoms with van der Waals surface area (Å²) in [5.41, 5.74) is 0.411. The molecule has 1 heterocycles. The predicted molar refractivity (Wildman–Crippen MR) is 66.5 cm³/mol. The summed E-state index contributed by atoms with van der Waals surface area (Å²) in [7, 11) is 0. The average molecular weight is 243 g/mol. The molecule has 0 aromatic heterocycles. The maximum absolute atomic E-state index is 11.0. The molecule has 0 aromatic carbocycles. The number of carboxylic acids is 1. The fourth-order valence-corrected chi connectivity index (χ4v) is 4.57. The molecular formula is C12H21NO2S. The van der Waals surface area contributed by atoms with Crippen molar-refractivity contribution in [3.63, 3.8) is 0 Å². The number of hydrogen-bond acceptors (Lipinski definition) is 3. The number of hydrogen-bond donors (Lipinski definition) is 2. The Labute approximate surface area is 101 Å². The topological polar surface area (TPSA) is 49.3 Å². The van der Waals surface area contributed by atoms with Crippen LogP contribution in [0.5, 0.6) is 0 Å². The molecule has 0 bridgehead atoms. The molecular weight excluding hydrogens is 222 g/mol. The van der Waals surface area contributed by atoms with Gasteiger partial charge in [-0.1, -0.05) is 20.8 Å². The molecule has 1 saturated heterocycles. The summed E-state index contributed by atoms with van der Waals surface area (Å²) < 4.78 is 0. The third kappa shape index (κ3) is 2.09. The van der Waals surface area contributed by atoms with Crippen molar-refractivity contribution in [2.45, 2.75) is 50.9 Å².